The molecule has 0 fully saturated rings. The lowest BCUT2D eigenvalue weighted by molar-refractivity contribution is 0.0782. The minimum Gasteiger partial charge on any atom is -0.459 e. The summed E-state index contributed by atoms with van der Waals surface area (Å²) in [7, 11) is 1.91. The maximum absolute atomic E-state index is 5.75. The molecule has 0 atom stereocenters. The monoisotopic (exact) mass is 405 g/mol. The van der Waals surface area contributed by atoms with Crippen LogP contribution >= 0.6 is 11.3 Å². The van der Waals surface area contributed by atoms with Gasteiger partial charge in [-0.25, -0.2) is 9.97 Å². The molecule has 0 N–H and O–H groups in total. The number of ether oxygens (including phenoxy) is 2. The molecular formula is C21H19N5O2S. The minimum absolute atomic E-state index is 0.192. The summed E-state index contributed by atoms with van der Waals surface area (Å²) in [6.07, 6.45) is 1.63. The number of nitrogens with zero attached hydrogens (tertiary/aromatic N) is 5. The lowest BCUT2D eigenvalue weighted by atomic mass is 10.2. The van der Waals surface area contributed by atoms with Crippen LogP contribution in [-0.4, -0.2) is 26.5 Å². The normalized spacial score (nSPS) is 13.2. The van der Waals surface area contributed by atoms with Crippen LogP contribution in [-0.2, 0) is 23.1 Å². The molecule has 0 saturated heterocycles. The molecule has 0 saturated carbocycles. The average molecular weight is 405 g/mol. The molecule has 0 amide bonds. The SMILES string of the molecule is Cc1nn(C)c2c(N(Cc3ccccc3)C3=COCO3)nc(-c3cccs3)nc12. The number of aryl methyl sites for hydroxylation is 2. The molecule has 0 spiro atoms. The van der Waals surface area contributed by atoms with E-state index >= 15 is 0 Å². The number of benzene rings is 1. The summed E-state index contributed by atoms with van der Waals surface area (Å²) >= 11 is 1.61. The first-order valence-electron chi connectivity index (χ1n) is 9.22. The van der Waals surface area contributed by atoms with E-state index in [1.165, 1.54) is 0 Å². The third kappa shape index (κ3) is 3.21. The van der Waals surface area contributed by atoms with Crippen molar-refractivity contribution in [2.45, 2.75) is 13.5 Å². The molecule has 0 aliphatic carbocycles. The Kier molecular flexibility index (Phi) is 4.40. The predicted octanol–water partition coefficient (Wildman–Crippen LogP) is 4.21. The number of anilines is 1. The van der Waals surface area contributed by atoms with Crippen molar-refractivity contribution >= 4 is 28.2 Å². The Labute approximate surface area is 171 Å². The first-order chi connectivity index (χ1) is 14.2. The standard InChI is InChI=1S/C21H19N5O2S/c1-14-18-19(25(2)24-14)21(23-20(22-18)16-9-6-10-29-16)26(17-12-27-13-28-17)11-15-7-4-3-5-8-15/h3-10,12H,11,13H2,1-2H3. The summed E-state index contributed by atoms with van der Waals surface area (Å²) in [5.74, 6) is 2.03. The second kappa shape index (κ2) is 7.21. The summed E-state index contributed by atoms with van der Waals surface area (Å²) in [6.45, 7) is 2.74. The molecule has 0 bridgehead atoms. The first-order valence-corrected chi connectivity index (χ1v) is 10.1. The predicted molar refractivity (Wildman–Crippen MR) is 112 cm³/mol. The van der Waals surface area contributed by atoms with Crippen molar-refractivity contribution in [3.8, 4) is 10.7 Å². The van der Waals surface area contributed by atoms with Crippen LogP contribution in [0.5, 0.6) is 0 Å². The van der Waals surface area contributed by atoms with Gasteiger partial charge in [0.25, 0.3) is 0 Å². The number of rotatable bonds is 5. The number of thiophene rings is 1. The highest BCUT2D eigenvalue weighted by molar-refractivity contribution is 7.13. The molecule has 0 unspecified atom stereocenters. The Hall–Kier alpha value is -3.39. The molecule has 7 nitrogen and oxygen atoms in total. The molecular weight excluding hydrogens is 386 g/mol. The summed E-state index contributed by atoms with van der Waals surface area (Å²) in [6, 6.07) is 14.2. The van der Waals surface area contributed by atoms with Gasteiger partial charge in [0.05, 0.1) is 17.1 Å². The van der Waals surface area contributed by atoms with Gasteiger partial charge in [-0.15, -0.1) is 11.3 Å². The highest BCUT2D eigenvalue weighted by Crippen LogP contribution is 2.34. The van der Waals surface area contributed by atoms with Crippen LogP contribution < -0.4 is 4.90 Å². The summed E-state index contributed by atoms with van der Waals surface area (Å²) in [4.78, 5) is 12.8. The van der Waals surface area contributed by atoms with Crippen molar-refractivity contribution in [1.82, 2.24) is 19.7 Å². The summed E-state index contributed by atoms with van der Waals surface area (Å²) in [5.41, 5.74) is 3.68. The van der Waals surface area contributed by atoms with Crippen LogP contribution in [0.1, 0.15) is 11.3 Å². The maximum atomic E-state index is 5.75. The van der Waals surface area contributed by atoms with Crippen LogP contribution in [0.15, 0.2) is 60.0 Å². The largest absolute Gasteiger partial charge is 0.459 e. The Balaban J connectivity index is 1.73. The Morgan fingerprint density at radius 3 is 2.72 bits per heavy atom. The van der Waals surface area contributed by atoms with Crippen molar-refractivity contribution in [2.24, 2.45) is 7.05 Å². The quantitative estimate of drug-likeness (QED) is 0.496. The third-order valence-corrected chi connectivity index (χ3v) is 5.60. The highest BCUT2D eigenvalue weighted by Gasteiger charge is 2.26. The number of fused-ring (bicyclic) bond motifs is 1. The molecule has 146 valence electrons. The van der Waals surface area contributed by atoms with Gasteiger partial charge in [0.15, 0.2) is 11.6 Å². The number of hydrogen-bond donors (Lipinski definition) is 0. The maximum Gasteiger partial charge on any atom is 0.234 e. The van der Waals surface area contributed by atoms with E-state index in [0.29, 0.717) is 18.3 Å². The molecule has 1 aromatic carbocycles. The highest BCUT2D eigenvalue weighted by atomic mass is 32.1. The van der Waals surface area contributed by atoms with Crippen LogP contribution in [0, 0.1) is 6.92 Å². The second-order valence-corrected chi connectivity index (χ2v) is 7.66. The van der Waals surface area contributed by atoms with E-state index in [4.69, 9.17) is 19.4 Å². The van der Waals surface area contributed by atoms with Crippen LogP contribution in [0.2, 0.25) is 0 Å². The molecule has 1 aliphatic rings. The van der Waals surface area contributed by atoms with Crippen molar-refractivity contribution in [3.05, 3.63) is 71.2 Å². The summed E-state index contributed by atoms with van der Waals surface area (Å²) < 4.78 is 12.9. The second-order valence-electron chi connectivity index (χ2n) is 6.71. The lowest BCUT2D eigenvalue weighted by Crippen LogP contribution is -2.24. The van der Waals surface area contributed by atoms with Gasteiger partial charge in [0.2, 0.25) is 12.7 Å². The molecule has 0 radical (unpaired) electrons. The average Bonchev–Trinajstić information content (AvgIpc) is 3.49. The summed E-state index contributed by atoms with van der Waals surface area (Å²) in [5, 5.41) is 6.61. The van der Waals surface area contributed by atoms with Crippen molar-refractivity contribution in [1.29, 1.82) is 0 Å². The van der Waals surface area contributed by atoms with Gasteiger partial charge in [-0.05, 0) is 23.9 Å². The zero-order chi connectivity index (χ0) is 19.8. The zero-order valence-electron chi connectivity index (χ0n) is 16.1. The first kappa shape index (κ1) is 17.7. The molecule has 8 heteroatoms. The molecule has 4 heterocycles. The Morgan fingerprint density at radius 1 is 1.14 bits per heavy atom. The van der Waals surface area contributed by atoms with Gasteiger partial charge in [-0.3, -0.25) is 9.58 Å². The van der Waals surface area contributed by atoms with E-state index < -0.39 is 0 Å². The van der Waals surface area contributed by atoms with E-state index in [9.17, 15) is 0 Å². The molecule has 3 aromatic heterocycles. The number of aromatic nitrogens is 4. The van der Waals surface area contributed by atoms with E-state index in [1.54, 1.807) is 17.6 Å². The van der Waals surface area contributed by atoms with Crippen LogP contribution in [0.3, 0.4) is 0 Å². The molecule has 1 aliphatic heterocycles. The van der Waals surface area contributed by atoms with Gasteiger partial charge in [-0.1, -0.05) is 36.4 Å². The van der Waals surface area contributed by atoms with Crippen molar-refractivity contribution in [2.75, 3.05) is 11.7 Å². The Morgan fingerprint density at radius 2 is 2.00 bits per heavy atom. The van der Waals surface area contributed by atoms with Crippen molar-refractivity contribution in [3.63, 3.8) is 0 Å². The molecule has 29 heavy (non-hydrogen) atoms. The van der Waals surface area contributed by atoms with E-state index in [-0.39, 0.29) is 6.79 Å². The van der Waals surface area contributed by atoms with Gasteiger partial charge >= 0.3 is 0 Å². The fraction of sp³-hybridized carbons (Fsp3) is 0.190. The third-order valence-electron chi connectivity index (χ3n) is 4.74. The van der Waals surface area contributed by atoms with Crippen LogP contribution in [0.4, 0.5) is 5.82 Å². The zero-order valence-corrected chi connectivity index (χ0v) is 16.9. The molecule has 4 aromatic rings. The van der Waals surface area contributed by atoms with E-state index in [2.05, 4.69) is 17.2 Å². The van der Waals surface area contributed by atoms with Gasteiger partial charge < -0.3 is 9.47 Å². The fourth-order valence-corrected chi connectivity index (χ4v) is 4.08. The van der Waals surface area contributed by atoms with E-state index in [1.807, 2.05) is 59.3 Å². The topological polar surface area (TPSA) is 65.3 Å². The van der Waals surface area contributed by atoms with Gasteiger partial charge in [0, 0.05) is 7.05 Å². The molecule has 5 rings (SSSR count). The van der Waals surface area contributed by atoms with Gasteiger partial charge in [-0.2, -0.15) is 5.10 Å². The minimum atomic E-state index is 0.192. The smallest absolute Gasteiger partial charge is 0.234 e. The van der Waals surface area contributed by atoms with Crippen LogP contribution in [0.25, 0.3) is 21.7 Å². The number of hydrogen-bond acceptors (Lipinski definition) is 7. The van der Waals surface area contributed by atoms with Gasteiger partial charge in [0.1, 0.15) is 17.3 Å². The Bertz CT molecular complexity index is 1180. The fourth-order valence-electron chi connectivity index (χ4n) is 3.42. The van der Waals surface area contributed by atoms with Crippen molar-refractivity contribution < 1.29 is 9.47 Å². The lowest BCUT2D eigenvalue weighted by Gasteiger charge is -2.24. The van der Waals surface area contributed by atoms with E-state index in [0.717, 1.165) is 33.0 Å².